The molecule has 0 radical (unpaired) electrons. The van der Waals surface area contributed by atoms with Gasteiger partial charge in [0.1, 0.15) is 0 Å². The fourth-order valence-electron chi connectivity index (χ4n) is 2.21. The van der Waals surface area contributed by atoms with Crippen LogP contribution in [0.15, 0.2) is 41.3 Å². The first kappa shape index (κ1) is 21.2. The fourth-order valence-corrected chi connectivity index (χ4v) is 3.33. The first-order chi connectivity index (χ1) is 12.7. The summed E-state index contributed by atoms with van der Waals surface area (Å²) in [7, 11) is 3.02. The van der Waals surface area contributed by atoms with E-state index >= 15 is 0 Å². The van der Waals surface area contributed by atoms with E-state index in [0.29, 0.717) is 11.5 Å². The molecule has 0 unspecified atom stereocenters. The van der Waals surface area contributed by atoms with Crippen molar-refractivity contribution in [3.8, 4) is 11.5 Å². The first-order valence-electron chi connectivity index (χ1n) is 7.72. The smallest absolute Gasteiger partial charge is 0.417 e. The van der Waals surface area contributed by atoms with Gasteiger partial charge < -0.3 is 14.8 Å². The zero-order chi connectivity index (χ0) is 20.2. The second kappa shape index (κ2) is 8.75. The molecule has 146 valence electrons. The summed E-state index contributed by atoms with van der Waals surface area (Å²) in [6, 6.07) is 8.43. The molecule has 0 aliphatic heterocycles. The number of carbonyl (C=O) groups excluding carboxylic acids is 1. The van der Waals surface area contributed by atoms with Crippen LogP contribution in [0.25, 0.3) is 0 Å². The molecule has 2 rings (SSSR count). The van der Waals surface area contributed by atoms with Crippen LogP contribution in [-0.2, 0) is 11.0 Å². The number of hydrogen-bond acceptors (Lipinski definition) is 4. The van der Waals surface area contributed by atoms with Crippen molar-refractivity contribution >= 4 is 35.0 Å². The second-order valence-electron chi connectivity index (χ2n) is 5.46. The molecule has 4 nitrogen and oxygen atoms in total. The Hall–Kier alpha value is -2.06. The highest BCUT2D eigenvalue weighted by Crippen LogP contribution is 2.37. The third-order valence-electron chi connectivity index (χ3n) is 3.58. The van der Waals surface area contributed by atoms with Gasteiger partial charge in [-0.05, 0) is 43.3 Å². The summed E-state index contributed by atoms with van der Waals surface area (Å²) in [5, 5.41) is 1.49. The minimum atomic E-state index is -4.60. The lowest BCUT2D eigenvalue weighted by Crippen LogP contribution is -2.22. The summed E-state index contributed by atoms with van der Waals surface area (Å²) in [5.74, 6) is 0.632. The molecule has 1 amide bonds. The maximum Gasteiger partial charge on any atom is 0.417 e. The zero-order valence-electron chi connectivity index (χ0n) is 14.7. The van der Waals surface area contributed by atoms with E-state index in [1.165, 1.54) is 32.0 Å². The Balaban J connectivity index is 2.10. The van der Waals surface area contributed by atoms with E-state index in [1.807, 2.05) is 0 Å². The van der Waals surface area contributed by atoms with Crippen LogP contribution in [0.1, 0.15) is 12.5 Å². The molecule has 0 spiro atoms. The van der Waals surface area contributed by atoms with Crippen LogP contribution in [0.2, 0.25) is 5.02 Å². The standard InChI is InChI=1S/C18H17ClF3NO3S/c1-10(27-12-5-7-15(25-2)16(9-12)26-3)17(24)23-11-4-6-14(19)13(8-11)18(20,21)22/h4-10H,1-3H3,(H,23,24)/t10-/m1/s1. The zero-order valence-corrected chi connectivity index (χ0v) is 16.3. The number of hydrogen-bond donors (Lipinski definition) is 1. The number of thioether (sulfide) groups is 1. The summed E-state index contributed by atoms with van der Waals surface area (Å²) in [4.78, 5) is 13.1. The summed E-state index contributed by atoms with van der Waals surface area (Å²) < 4.78 is 49.1. The van der Waals surface area contributed by atoms with Crippen molar-refractivity contribution in [2.24, 2.45) is 0 Å². The summed E-state index contributed by atoms with van der Waals surface area (Å²) >= 11 is 6.82. The Morgan fingerprint density at radius 1 is 1.11 bits per heavy atom. The number of nitrogens with one attached hydrogen (secondary N) is 1. The van der Waals surface area contributed by atoms with Gasteiger partial charge in [-0.1, -0.05) is 11.6 Å². The number of ether oxygens (including phenoxy) is 2. The normalized spacial score (nSPS) is 12.4. The van der Waals surface area contributed by atoms with E-state index < -0.39 is 27.9 Å². The van der Waals surface area contributed by atoms with Crippen LogP contribution in [-0.4, -0.2) is 25.4 Å². The third kappa shape index (κ3) is 5.46. The van der Waals surface area contributed by atoms with Gasteiger partial charge in [-0.15, -0.1) is 11.8 Å². The van der Waals surface area contributed by atoms with Crippen LogP contribution in [0.4, 0.5) is 18.9 Å². The molecule has 1 atom stereocenters. The Morgan fingerprint density at radius 2 is 1.78 bits per heavy atom. The molecule has 9 heteroatoms. The van der Waals surface area contributed by atoms with Gasteiger partial charge in [-0.2, -0.15) is 13.2 Å². The average Bonchev–Trinajstić information content (AvgIpc) is 2.62. The molecular formula is C18H17ClF3NO3S. The van der Waals surface area contributed by atoms with Gasteiger partial charge in [0.05, 0.1) is 30.1 Å². The van der Waals surface area contributed by atoms with E-state index in [9.17, 15) is 18.0 Å². The number of rotatable bonds is 6. The highest BCUT2D eigenvalue weighted by molar-refractivity contribution is 8.00. The molecule has 1 N–H and O–H groups in total. The number of anilines is 1. The SMILES string of the molecule is COc1ccc(S[C@H](C)C(=O)Nc2ccc(Cl)c(C(F)(F)F)c2)cc1OC. The van der Waals surface area contributed by atoms with Crippen molar-refractivity contribution in [3.63, 3.8) is 0 Å². The van der Waals surface area contributed by atoms with Crippen LogP contribution < -0.4 is 14.8 Å². The summed E-state index contributed by atoms with van der Waals surface area (Å²) in [6.45, 7) is 1.65. The molecule has 27 heavy (non-hydrogen) atoms. The molecule has 0 saturated carbocycles. The Labute approximate surface area is 164 Å². The van der Waals surface area contributed by atoms with Gasteiger partial charge in [0, 0.05) is 10.6 Å². The minimum Gasteiger partial charge on any atom is -0.493 e. The van der Waals surface area contributed by atoms with E-state index in [1.54, 1.807) is 25.1 Å². The number of alkyl halides is 3. The molecule has 0 fully saturated rings. The van der Waals surface area contributed by atoms with Gasteiger partial charge in [0.25, 0.3) is 0 Å². The Kier molecular flexibility index (Phi) is 6.89. The van der Waals surface area contributed by atoms with Gasteiger partial charge in [0.15, 0.2) is 11.5 Å². The lowest BCUT2D eigenvalue weighted by molar-refractivity contribution is -0.137. The van der Waals surface area contributed by atoms with E-state index in [0.717, 1.165) is 17.0 Å². The molecule has 2 aromatic rings. The molecule has 0 saturated heterocycles. The number of carbonyl (C=O) groups is 1. The lowest BCUT2D eigenvalue weighted by atomic mass is 10.2. The first-order valence-corrected chi connectivity index (χ1v) is 8.97. The van der Waals surface area contributed by atoms with Gasteiger partial charge in [-0.3, -0.25) is 4.79 Å². The van der Waals surface area contributed by atoms with Gasteiger partial charge in [-0.25, -0.2) is 0 Å². The maximum atomic E-state index is 12.9. The summed E-state index contributed by atoms with van der Waals surface area (Å²) in [5.41, 5.74) is -0.973. The molecular weight excluding hydrogens is 403 g/mol. The molecule has 0 heterocycles. The van der Waals surface area contributed by atoms with Crippen LogP contribution >= 0.6 is 23.4 Å². The number of benzene rings is 2. The average molecular weight is 420 g/mol. The van der Waals surface area contributed by atoms with Crippen molar-refractivity contribution in [3.05, 3.63) is 47.0 Å². The molecule has 0 aliphatic rings. The highest BCUT2D eigenvalue weighted by Gasteiger charge is 2.33. The quantitative estimate of drug-likeness (QED) is 0.628. The monoisotopic (exact) mass is 419 g/mol. The Morgan fingerprint density at radius 3 is 2.37 bits per heavy atom. The van der Waals surface area contributed by atoms with Gasteiger partial charge in [0.2, 0.25) is 5.91 Å². The third-order valence-corrected chi connectivity index (χ3v) is 5.00. The van der Waals surface area contributed by atoms with Crippen molar-refractivity contribution in [1.82, 2.24) is 0 Å². The highest BCUT2D eigenvalue weighted by atomic mass is 35.5. The van der Waals surface area contributed by atoms with Crippen molar-refractivity contribution in [1.29, 1.82) is 0 Å². The van der Waals surface area contributed by atoms with Crippen molar-refractivity contribution in [2.75, 3.05) is 19.5 Å². The number of amides is 1. The topological polar surface area (TPSA) is 47.6 Å². The largest absolute Gasteiger partial charge is 0.493 e. The fraction of sp³-hybridized carbons (Fsp3) is 0.278. The van der Waals surface area contributed by atoms with E-state index in [-0.39, 0.29) is 5.69 Å². The van der Waals surface area contributed by atoms with Crippen molar-refractivity contribution < 1.29 is 27.4 Å². The Bertz CT molecular complexity index is 830. The van der Waals surface area contributed by atoms with Crippen LogP contribution in [0, 0.1) is 0 Å². The van der Waals surface area contributed by atoms with Crippen LogP contribution in [0.3, 0.4) is 0 Å². The number of methoxy groups -OCH3 is 2. The van der Waals surface area contributed by atoms with Gasteiger partial charge >= 0.3 is 6.18 Å². The summed E-state index contributed by atoms with van der Waals surface area (Å²) in [6.07, 6.45) is -4.60. The molecule has 0 aliphatic carbocycles. The van der Waals surface area contributed by atoms with E-state index in [2.05, 4.69) is 5.32 Å². The predicted molar refractivity (Wildman–Crippen MR) is 99.9 cm³/mol. The molecule has 0 bridgehead atoms. The van der Waals surface area contributed by atoms with Crippen LogP contribution in [0.5, 0.6) is 11.5 Å². The molecule has 2 aromatic carbocycles. The number of halogens is 4. The van der Waals surface area contributed by atoms with Crippen molar-refractivity contribution in [2.45, 2.75) is 23.2 Å². The molecule has 0 aromatic heterocycles. The lowest BCUT2D eigenvalue weighted by Gasteiger charge is -2.15. The van der Waals surface area contributed by atoms with E-state index in [4.69, 9.17) is 21.1 Å². The maximum absolute atomic E-state index is 12.9. The minimum absolute atomic E-state index is 0.0245. The second-order valence-corrected chi connectivity index (χ2v) is 7.28. The predicted octanol–water partition coefficient (Wildman–Crippen LogP) is 5.50.